The summed E-state index contributed by atoms with van der Waals surface area (Å²) in [6.45, 7) is 3.94. The van der Waals surface area contributed by atoms with Crippen LogP contribution in [0.4, 0.5) is 10.5 Å². The van der Waals surface area contributed by atoms with Crippen molar-refractivity contribution in [2.45, 2.75) is 26.4 Å². The van der Waals surface area contributed by atoms with Gasteiger partial charge in [0.15, 0.2) is 0 Å². The predicted octanol–water partition coefficient (Wildman–Crippen LogP) is 6.33. The third-order valence-electron chi connectivity index (χ3n) is 5.37. The lowest BCUT2D eigenvalue weighted by atomic mass is 9.79. The van der Waals surface area contributed by atoms with Crippen molar-refractivity contribution in [3.05, 3.63) is 69.8 Å². The summed E-state index contributed by atoms with van der Waals surface area (Å²) in [5.41, 5.74) is 0.458. The maximum Gasteiger partial charge on any atom is 0.412 e. The molecule has 8 heteroatoms. The second-order valence-corrected chi connectivity index (χ2v) is 9.82. The number of phenolic OH excluding ortho intramolecular Hbond substituents is 1. The van der Waals surface area contributed by atoms with Crippen molar-refractivity contribution < 1.29 is 24.2 Å². The van der Waals surface area contributed by atoms with Gasteiger partial charge in [-0.05, 0) is 58.7 Å². The predicted molar refractivity (Wildman–Crippen MR) is 141 cm³/mol. The van der Waals surface area contributed by atoms with Crippen molar-refractivity contribution in [2.24, 2.45) is 5.41 Å². The Bertz CT molecular complexity index is 1150. The standard InChI is InChI=1S/C25H26INO5S/c1-25(2,12-13-31-22(29)15-33)23(19-14-17(26)10-11-21(19)28)32-24(30)27-20-9-5-7-16-6-3-4-8-18(16)20/h3-11,14,23,28,33H,12-13,15H2,1-2H3,(H,27,30)/t23-/m0/s1. The molecule has 0 heterocycles. The quantitative estimate of drug-likeness (QED) is 0.165. The van der Waals surface area contributed by atoms with Crippen LogP contribution < -0.4 is 5.32 Å². The number of phenols is 1. The van der Waals surface area contributed by atoms with E-state index in [-0.39, 0.29) is 18.1 Å². The molecule has 0 spiro atoms. The highest BCUT2D eigenvalue weighted by molar-refractivity contribution is 14.1. The molecule has 0 aliphatic rings. The Balaban J connectivity index is 1.86. The lowest BCUT2D eigenvalue weighted by Crippen LogP contribution is -2.30. The molecule has 3 rings (SSSR count). The van der Waals surface area contributed by atoms with E-state index in [4.69, 9.17) is 9.47 Å². The molecule has 0 unspecified atom stereocenters. The van der Waals surface area contributed by atoms with Gasteiger partial charge in [0.1, 0.15) is 11.9 Å². The van der Waals surface area contributed by atoms with Crippen LogP contribution in [0.2, 0.25) is 0 Å². The van der Waals surface area contributed by atoms with Crippen LogP contribution in [0.1, 0.15) is 31.9 Å². The van der Waals surface area contributed by atoms with Gasteiger partial charge in [0.2, 0.25) is 0 Å². The van der Waals surface area contributed by atoms with Crippen molar-refractivity contribution in [1.82, 2.24) is 0 Å². The lowest BCUT2D eigenvalue weighted by Gasteiger charge is -2.34. The molecule has 0 saturated heterocycles. The summed E-state index contributed by atoms with van der Waals surface area (Å²) in [6.07, 6.45) is -1.03. The topological polar surface area (TPSA) is 84.9 Å². The van der Waals surface area contributed by atoms with Gasteiger partial charge in [-0.2, -0.15) is 12.6 Å². The van der Waals surface area contributed by atoms with E-state index in [2.05, 4.69) is 40.5 Å². The minimum Gasteiger partial charge on any atom is -0.508 e. The van der Waals surface area contributed by atoms with Gasteiger partial charge in [-0.25, -0.2) is 4.79 Å². The van der Waals surface area contributed by atoms with Gasteiger partial charge in [0, 0.05) is 19.9 Å². The number of benzene rings is 3. The van der Waals surface area contributed by atoms with Crippen molar-refractivity contribution in [1.29, 1.82) is 0 Å². The monoisotopic (exact) mass is 579 g/mol. The van der Waals surface area contributed by atoms with Crippen molar-refractivity contribution in [3.8, 4) is 5.75 Å². The number of rotatable bonds is 8. The van der Waals surface area contributed by atoms with E-state index in [1.165, 1.54) is 0 Å². The van der Waals surface area contributed by atoms with Crippen LogP contribution >= 0.6 is 35.2 Å². The molecule has 0 aliphatic carbocycles. The summed E-state index contributed by atoms with van der Waals surface area (Å²) in [5.74, 6) is -0.401. The first-order valence-electron chi connectivity index (χ1n) is 10.4. The second-order valence-electron chi connectivity index (χ2n) is 8.26. The van der Waals surface area contributed by atoms with Crippen molar-refractivity contribution >= 4 is 63.7 Å². The van der Waals surface area contributed by atoms with E-state index in [1.807, 2.05) is 56.3 Å². The highest BCUT2D eigenvalue weighted by atomic mass is 127. The van der Waals surface area contributed by atoms with Gasteiger partial charge in [0.05, 0.1) is 18.0 Å². The number of ether oxygens (including phenoxy) is 2. The minimum absolute atomic E-state index is 0.00847. The molecule has 0 radical (unpaired) electrons. The molecule has 0 bridgehead atoms. The number of esters is 1. The largest absolute Gasteiger partial charge is 0.508 e. The van der Waals surface area contributed by atoms with Crippen LogP contribution in [0.3, 0.4) is 0 Å². The molecule has 2 N–H and O–H groups in total. The highest BCUT2D eigenvalue weighted by Crippen LogP contribution is 2.43. The Kier molecular flexibility index (Phi) is 8.47. The first-order valence-corrected chi connectivity index (χ1v) is 12.1. The van der Waals surface area contributed by atoms with Crippen LogP contribution in [0.15, 0.2) is 60.7 Å². The van der Waals surface area contributed by atoms with E-state index in [0.29, 0.717) is 17.7 Å². The molecule has 3 aromatic rings. The van der Waals surface area contributed by atoms with Crippen molar-refractivity contribution in [3.63, 3.8) is 0 Å². The van der Waals surface area contributed by atoms with Gasteiger partial charge >= 0.3 is 12.1 Å². The molecule has 33 heavy (non-hydrogen) atoms. The molecule has 0 fully saturated rings. The highest BCUT2D eigenvalue weighted by Gasteiger charge is 2.36. The maximum absolute atomic E-state index is 13.0. The normalized spacial score (nSPS) is 12.2. The SMILES string of the molecule is CC(C)(CCOC(=O)CS)[C@@H](OC(=O)Nc1cccc2ccccc12)c1cc(I)ccc1O. The van der Waals surface area contributed by atoms with Gasteiger partial charge in [-0.3, -0.25) is 10.1 Å². The summed E-state index contributed by atoms with van der Waals surface area (Å²) in [4.78, 5) is 24.5. The molecule has 1 atom stereocenters. The number of halogens is 1. The lowest BCUT2D eigenvalue weighted by molar-refractivity contribution is -0.141. The molecular formula is C25H26INO5S. The van der Waals surface area contributed by atoms with Crippen LogP contribution in [-0.2, 0) is 14.3 Å². The summed E-state index contributed by atoms with van der Waals surface area (Å²) >= 11 is 6.06. The van der Waals surface area contributed by atoms with Crippen LogP contribution in [0.5, 0.6) is 5.75 Å². The Morgan fingerprint density at radius 2 is 1.85 bits per heavy atom. The number of hydrogen-bond acceptors (Lipinski definition) is 6. The Morgan fingerprint density at radius 3 is 2.61 bits per heavy atom. The second kappa shape index (κ2) is 11.1. The smallest absolute Gasteiger partial charge is 0.412 e. The van der Waals surface area contributed by atoms with Gasteiger partial charge < -0.3 is 14.6 Å². The number of aromatic hydroxyl groups is 1. The molecule has 0 aliphatic heterocycles. The Hall–Kier alpha value is -2.46. The number of fused-ring (bicyclic) bond motifs is 1. The third-order valence-corrected chi connectivity index (χ3v) is 6.30. The van der Waals surface area contributed by atoms with Crippen LogP contribution in [-0.4, -0.2) is 29.5 Å². The number of carbonyl (C=O) groups excluding carboxylic acids is 2. The number of nitrogens with one attached hydrogen (secondary N) is 1. The number of hydrogen-bond donors (Lipinski definition) is 3. The summed E-state index contributed by atoms with van der Waals surface area (Å²) < 4.78 is 12.0. The minimum atomic E-state index is -0.795. The molecule has 0 saturated carbocycles. The molecule has 0 aromatic heterocycles. The number of carbonyl (C=O) groups is 2. The Labute approximate surface area is 212 Å². The van der Waals surface area contributed by atoms with E-state index >= 15 is 0 Å². The Morgan fingerprint density at radius 1 is 1.12 bits per heavy atom. The zero-order valence-corrected chi connectivity index (χ0v) is 21.4. The molecule has 1 amide bonds. The van der Waals surface area contributed by atoms with Crippen LogP contribution in [0.25, 0.3) is 10.8 Å². The van der Waals surface area contributed by atoms with Gasteiger partial charge in [0.25, 0.3) is 0 Å². The summed E-state index contributed by atoms with van der Waals surface area (Å²) in [5, 5.41) is 15.3. The fraction of sp³-hybridized carbons (Fsp3) is 0.280. The molecule has 6 nitrogen and oxygen atoms in total. The van der Waals surface area contributed by atoms with Gasteiger partial charge in [-0.1, -0.05) is 50.2 Å². The number of thiol groups is 1. The van der Waals surface area contributed by atoms with Crippen molar-refractivity contribution in [2.75, 3.05) is 17.7 Å². The first kappa shape index (κ1) is 25.2. The third kappa shape index (κ3) is 6.54. The number of anilines is 1. The average molecular weight is 579 g/mol. The van der Waals surface area contributed by atoms with E-state index < -0.39 is 23.6 Å². The van der Waals surface area contributed by atoms with E-state index in [1.54, 1.807) is 18.2 Å². The first-order chi connectivity index (χ1) is 15.7. The summed E-state index contributed by atoms with van der Waals surface area (Å²) in [7, 11) is 0. The average Bonchev–Trinajstić information content (AvgIpc) is 2.79. The fourth-order valence-corrected chi connectivity index (χ4v) is 4.17. The summed E-state index contributed by atoms with van der Waals surface area (Å²) in [6, 6.07) is 18.5. The zero-order valence-electron chi connectivity index (χ0n) is 18.4. The zero-order chi connectivity index (χ0) is 24.0. The van der Waals surface area contributed by atoms with Gasteiger partial charge in [-0.15, -0.1) is 0 Å². The number of amides is 1. The maximum atomic E-state index is 13.0. The van der Waals surface area contributed by atoms with E-state index in [9.17, 15) is 14.7 Å². The fourth-order valence-electron chi connectivity index (χ4n) is 3.56. The van der Waals surface area contributed by atoms with E-state index in [0.717, 1.165) is 14.3 Å². The molecule has 3 aromatic carbocycles. The molecular weight excluding hydrogens is 553 g/mol. The van der Waals surface area contributed by atoms with Crippen LogP contribution in [0, 0.1) is 8.99 Å². The molecule has 174 valence electrons.